The molecule has 0 saturated heterocycles. The highest BCUT2D eigenvalue weighted by molar-refractivity contribution is 7.16. The molecule has 1 aliphatic rings. The van der Waals surface area contributed by atoms with E-state index in [0.717, 1.165) is 29.1 Å². The summed E-state index contributed by atoms with van der Waals surface area (Å²) in [6.07, 6.45) is 5.55. The molecule has 0 aliphatic heterocycles. The van der Waals surface area contributed by atoms with Crippen LogP contribution in [0.3, 0.4) is 0 Å². The number of carbonyl (C=O) groups is 1. The molecular weight excluding hydrogens is 278 g/mol. The van der Waals surface area contributed by atoms with Gasteiger partial charge in [-0.05, 0) is 43.7 Å². The zero-order valence-corrected chi connectivity index (χ0v) is 12.4. The smallest absolute Gasteiger partial charge is 0.267 e. The lowest BCUT2D eigenvalue weighted by Crippen LogP contribution is -2.09. The van der Waals surface area contributed by atoms with Crippen LogP contribution in [0.1, 0.15) is 44.9 Å². The minimum atomic E-state index is -0.0572. The summed E-state index contributed by atoms with van der Waals surface area (Å²) in [5.41, 5.74) is 1.35. The summed E-state index contributed by atoms with van der Waals surface area (Å²) >= 11 is 3.06. The van der Waals surface area contributed by atoms with Crippen LogP contribution in [-0.4, -0.2) is 16.1 Å². The highest BCUT2D eigenvalue weighted by Gasteiger charge is 2.18. The van der Waals surface area contributed by atoms with Gasteiger partial charge in [0.2, 0.25) is 5.13 Å². The second-order valence-corrected chi connectivity index (χ2v) is 6.77. The summed E-state index contributed by atoms with van der Waals surface area (Å²) in [5.74, 6) is -0.0572. The van der Waals surface area contributed by atoms with Crippen molar-refractivity contribution in [3.63, 3.8) is 0 Å². The molecule has 0 unspecified atom stereocenters. The van der Waals surface area contributed by atoms with Crippen molar-refractivity contribution in [2.24, 2.45) is 0 Å². The Balaban J connectivity index is 1.74. The number of aromatic nitrogens is 2. The standard InChI is InChI=1S/C13H15N3OS2/c1-2-11-15-16-13(19-11)14-12(17)10-7-8-5-3-4-6-9(8)18-10/h7H,2-6H2,1H3,(H,14,16,17). The molecule has 2 aromatic rings. The van der Waals surface area contributed by atoms with Crippen LogP contribution in [-0.2, 0) is 19.3 Å². The number of carbonyl (C=O) groups excluding carboxylic acids is 1. The van der Waals surface area contributed by atoms with E-state index < -0.39 is 0 Å². The van der Waals surface area contributed by atoms with Crippen molar-refractivity contribution in [2.75, 3.05) is 5.32 Å². The maximum atomic E-state index is 12.2. The van der Waals surface area contributed by atoms with Crippen molar-refractivity contribution in [3.05, 3.63) is 26.4 Å². The third-order valence-corrected chi connectivity index (χ3v) is 5.43. The van der Waals surface area contributed by atoms with Crippen LogP contribution >= 0.6 is 22.7 Å². The first-order valence-electron chi connectivity index (χ1n) is 6.51. The van der Waals surface area contributed by atoms with E-state index in [0.29, 0.717) is 5.13 Å². The molecule has 0 aromatic carbocycles. The summed E-state index contributed by atoms with van der Waals surface area (Å²) in [5, 5.41) is 12.4. The molecule has 2 aromatic heterocycles. The molecule has 0 atom stereocenters. The molecule has 4 nitrogen and oxygen atoms in total. The van der Waals surface area contributed by atoms with Crippen molar-refractivity contribution < 1.29 is 4.79 Å². The Morgan fingerprint density at radius 3 is 2.89 bits per heavy atom. The summed E-state index contributed by atoms with van der Waals surface area (Å²) < 4.78 is 0. The number of anilines is 1. The molecule has 2 heterocycles. The summed E-state index contributed by atoms with van der Waals surface area (Å²) in [4.78, 5) is 14.3. The molecule has 1 aliphatic carbocycles. The van der Waals surface area contributed by atoms with Gasteiger partial charge in [-0.3, -0.25) is 10.1 Å². The summed E-state index contributed by atoms with van der Waals surface area (Å²) in [6, 6.07) is 2.04. The van der Waals surface area contributed by atoms with E-state index in [1.54, 1.807) is 11.3 Å². The Bertz CT molecular complexity index is 579. The average molecular weight is 293 g/mol. The topological polar surface area (TPSA) is 54.9 Å². The van der Waals surface area contributed by atoms with Crippen molar-refractivity contribution >= 4 is 33.7 Å². The van der Waals surface area contributed by atoms with Crippen molar-refractivity contribution in [2.45, 2.75) is 39.0 Å². The van der Waals surface area contributed by atoms with E-state index in [4.69, 9.17) is 0 Å². The van der Waals surface area contributed by atoms with Crippen molar-refractivity contribution in [3.8, 4) is 0 Å². The van der Waals surface area contributed by atoms with Crippen molar-refractivity contribution in [1.29, 1.82) is 0 Å². The van der Waals surface area contributed by atoms with E-state index in [1.807, 2.05) is 13.0 Å². The molecule has 3 rings (SSSR count). The zero-order valence-electron chi connectivity index (χ0n) is 10.7. The van der Waals surface area contributed by atoms with E-state index in [2.05, 4.69) is 15.5 Å². The Morgan fingerprint density at radius 1 is 1.32 bits per heavy atom. The van der Waals surface area contributed by atoms with Gasteiger partial charge in [0, 0.05) is 4.88 Å². The number of thiophene rings is 1. The molecule has 0 radical (unpaired) electrons. The van der Waals surface area contributed by atoms with Crippen LogP contribution < -0.4 is 5.32 Å². The van der Waals surface area contributed by atoms with Gasteiger partial charge >= 0.3 is 0 Å². The summed E-state index contributed by atoms with van der Waals surface area (Å²) in [7, 11) is 0. The lowest BCUT2D eigenvalue weighted by molar-refractivity contribution is 0.103. The fraction of sp³-hybridized carbons (Fsp3) is 0.462. The Kier molecular flexibility index (Phi) is 3.61. The molecule has 0 saturated carbocycles. The Morgan fingerprint density at radius 2 is 2.16 bits per heavy atom. The number of amides is 1. The predicted octanol–water partition coefficient (Wildman–Crippen LogP) is 3.29. The molecular formula is C13H15N3OS2. The van der Waals surface area contributed by atoms with Crippen LogP contribution in [0.2, 0.25) is 0 Å². The quantitative estimate of drug-likeness (QED) is 0.944. The third kappa shape index (κ3) is 2.69. The second kappa shape index (κ2) is 5.38. The van der Waals surface area contributed by atoms with Crippen LogP contribution in [0.25, 0.3) is 0 Å². The molecule has 19 heavy (non-hydrogen) atoms. The highest BCUT2D eigenvalue weighted by Crippen LogP contribution is 2.30. The SMILES string of the molecule is CCc1nnc(NC(=O)c2cc3c(s2)CCCC3)s1. The van der Waals surface area contributed by atoms with Gasteiger partial charge < -0.3 is 0 Å². The van der Waals surface area contributed by atoms with Crippen molar-refractivity contribution in [1.82, 2.24) is 10.2 Å². The minimum absolute atomic E-state index is 0.0572. The van der Waals surface area contributed by atoms with Crippen LogP contribution in [0.5, 0.6) is 0 Å². The van der Waals surface area contributed by atoms with E-state index in [-0.39, 0.29) is 5.91 Å². The molecule has 0 bridgehead atoms. The summed E-state index contributed by atoms with van der Waals surface area (Å²) in [6.45, 7) is 2.03. The average Bonchev–Trinajstić information content (AvgIpc) is 3.04. The van der Waals surface area contributed by atoms with Gasteiger partial charge in [0.05, 0.1) is 4.88 Å². The number of nitrogens with zero attached hydrogens (tertiary/aromatic N) is 2. The van der Waals surface area contributed by atoms with Gasteiger partial charge in [-0.1, -0.05) is 18.3 Å². The minimum Gasteiger partial charge on any atom is -0.296 e. The van der Waals surface area contributed by atoms with E-state index in [1.165, 1.54) is 34.6 Å². The van der Waals surface area contributed by atoms with Crippen LogP contribution in [0, 0.1) is 0 Å². The zero-order chi connectivity index (χ0) is 13.2. The fourth-order valence-electron chi connectivity index (χ4n) is 2.21. The monoisotopic (exact) mass is 293 g/mol. The molecule has 100 valence electrons. The van der Waals surface area contributed by atoms with Gasteiger partial charge in [-0.2, -0.15) is 0 Å². The van der Waals surface area contributed by atoms with Gasteiger partial charge in [-0.15, -0.1) is 21.5 Å². The Labute approximate surface area is 119 Å². The van der Waals surface area contributed by atoms with E-state index >= 15 is 0 Å². The number of hydrogen-bond donors (Lipinski definition) is 1. The molecule has 6 heteroatoms. The maximum Gasteiger partial charge on any atom is 0.267 e. The first-order valence-corrected chi connectivity index (χ1v) is 8.15. The van der Waals surface area contributed by atoms with E-state index in [9.17, 15) is 4.79 Å². The largest absolute Gasteiger partial charge is 0.296 e. The molecule has 1 N–H and O–H groups in total. The number of nitrogens with one attached hydrogen (secondary N) is 1. The predicted molar refractivity (Wildman–Crippen MR) is 78.2 cm³/mol. The second-order valence-electron chi connectivity index (χ2n) is 4.57. The van der Waals surface area contributed by atoms with Gasteiger partial charge in [0.1, 0.15) is 5.01 Å². The molecule has 0 fully saturated rings. The maximum absolute atomic E-state index is 12.2. The van der Waals surface area contributed by atoms with Crippen LogP contribution in [0.15, 0.2) is 6.07 Å². The number of rotatable bonds is 3. The molecule has 1 amide bonds. The number of hydrogen-bond acceptors (Lipinski definition) is 5. The fourth-order valence-corrected chi connectivity index (χ4v) is 4.03. The van der Waals surface area contributed by atoms with Gasteiger partial charge in [-0.25, -0.2) is 0 Å². The highest BCUT2D eigenvalue weighted by atomic mass is 32.1. The normalized spacial score (nSPS) is 14.2. The number of fused-ring (bicyclic) bond motifs is 1. The number of aryl methyl sites for hydroxylation is 3. The first-order chi connectivity index (χ1) is 9.26. The van der Waals surface area contributed by atoms with Crippen LogP contribution in [0.4, 0.5) is 5.13 Å². The molecule has 0 spiro atoms. The van der Waals surface area contributed by atoms with Gasteiger partial charge in [0.15, 0.2) is 0 Å². The first kappa shape index (κ1) is 12.7. The Hall–Kier alpha value is -1.27. The lowest BCUT2D eigenvalue weighted by atomic mass is 9.99. The third-order valence-electron chi connectivity index (χ3n) is 3.21. The van der Waals surface area contributed by atoms with Gasteiger partial charge in [0.25, 0.3) is 5.91 Å². The lowest BCUT2D eigenvalue weighted by Gasteiger charge is -2.08.